The van der Waals surface area contributed by atoms with E-state index in [-0.39, 0.29) is 5.82 Å². The summed E-state index contributed by atoms with van der Waals surface area (Å²) in [7, 11) is 1.60. The highest BCUT2D eigenvalue weighted by molar-refractivity contribution is 5.79. The lowest BCUT2D eigenvalue weighted by atomic mass is 10.3. The second kappa shape index (κ2) is 7.30. The minimum atomic E-state index is -4.41. The number of halogens is 3. The van der Waals surface area contributed by atoms with Gasteiger partial charge in [0.05, 0.1) is 24.6 Å². The number of pyridine rings is 1. The van der Waals surface area contributed by atoms with Crippen LogP contribution in [0, 0.1) is 0 Å². The van der Waals surface area contributed by atoms with E-state index in [1.54, 1.807) is 13.3 Å². The van der Waals surface area contributed by atoms with Gasteiger partial charge >= 0.3 is 6.18 Å². The summed E-state index contributed by atoms with van der Waals surface area (Å²) in [5, 5.41) is 4.03. The van der Waals surface area contributed by atoms with Gasteiger partial charge in [-0.15, -0.1) is 0 Å². The highest BCUT2D eigenvalue weighted by Gasteiger charge is 2.30. The van der Waals surface area contributed by atoms with Crippen LogP contribution < -0.4 is 10.2 Å². The molecule has 0 bridgehead atoms. The van der Waals surface area contributed by atoms with Crippen molar-refractivity contribution in [3.05, 3.63) is 72.2 Å². The quantitative estimate of drug-likeness (QED) is 0.544. The molecule has 0 aliphatic carbocycles. The Balaban J connectivity index is 1.70. The highest BCUT2D eigenvalue weighted by Crippen LogP contribution is 2.28. The van der Waals surface area contributed by atoms with E-state index in [9.17, 15) is 13.2 Å². The Morgan fingerprint density at radius 3 is 2.50 bits per heavy atom. The molecule has 1 aromatic carbocycles. The fourth-order valence-electron chi connectivity index (χ4n) is 2.27. The van der Waals surface area contributed by atoms with E-state index in [2.05, 4.69) is 15.5 Å². The van der Waals surface area contributed by atoms with Crippen LogP contribution >= 0.6 is 0 Å². The second-order valence-electron chi connectivity index (χ2n) is 5.30. The molecule has 26 heavy (non-hydrogen) atoms. The Hall–Kier alpha value is -3.29. The molecule has 0 unspecified atom stereocenters. The third kappa shape index (κ3) is 4.02. The lowest BCUT2D eigenvalue weighted by molar-refractivity contribution is -0.137. The van der Waals surface area contributed by atoms with Crippen LogP contribution in [-0.4, -0.2) is 22.9 Å². The van der Waals surface area contributed by atoms with Crippen LogP contribution in [-0.2, 0) is 6.18 Å². The first-order valence-corrected chi connectivity index (χ1v) is 7.61. The maximum atomic E-state index is 12.5. The van der Waals surface area contributed by atoms with E-state index in [4.69, 9.17) is 4.74 Å². The van der Waals surface area contributed by atoms with Gasteiger partial charge in [-0.1, -0.05) is 0 Å². The van der Waals surface area contributed by atoms with Gasteiger partial charge in [0.25, 0.3) is 0 Å². The van der Waals surface area contributed by atoms with Crippen LogP contribution in [0.5, 0.6) is 5.75 Å². The number of methoxy groups -OCH3 is 1. The summed E-state index contributed by atoms with van der Waals surface area (Å²) in [5.74, 6) is 0.975. The Labute approximate surface area is 147 Å². The second-order valence-corrected chi connectivity index (χ2v) is 5.30. The molecule has 0 saturated carbocycles. The molecular weight excluding hydrogens is 345 g/mol. The molecule has 0 aliphatic heterocycles. The molecule has 0 saturated heterocycles. The van der Waals surface area contributed by atoms with Crippen molar-refractivity contribution in [1.82, 2.24) is 9.55 Å². The smallest absolute Gasteiger partial charge is 0.417 e. The topological polar surface area (TPSA) is 51.4 Å². The van der Waals surface area contributed by atoms with Gasteiger partial charge in [0.15, 0.2) is 0 Å². The predicted molar refractivity (Wildman–Crippen MR) is 92.8 cm³/mol. The van der Waals surface area contributed by atoms with E-state index in [1.165, 1.54) is 6.07 Å². The van der Waals surface area contributed by atoms with Gasteiger partial charge in [0.1, 0.15) is 11.6 Å². The van der Waals surface area contributed by atoms with Gasteiger partial charge in [-0.2, -0.15) is 18.3 Å². The molecule has 3 aromatic rings. The molecule has 2 heterocycles. The van der Waals surface area contributed by atoms with Crippen LogP contribution in [0.25, 0.3) is 5.69 Å². The Morgan fingerprint density at radius 1 is 1.12 bits per heavy atom. The Kier molecular flexibility index (Phi) is 4.92. The summed E-state index contributed by atoms with van der Waals surface area (Å²) in [6.45, 7) is 0. The predicted octanol–water partition coefficient (Wildman–Crippen LogP) is 4.35. The van der Waals surface area contributed by atoms with Gasteiger partial charge in [0, 0.05) is 18.1 Å². The average molecular weight is 360 g/mol. The zero-order valence-electron chi connectivity index (χ0n) is 13.7. The monoisotopic (exact) mass is 360 g/mol. The van der Waals surface area contributed by atoms with Crippen molar-refractivity contribution >= 4 is 12.0 Å². The van der Waals surface area contributed by atoms with Gasteiger partial charge < -0.3 is 9.30 Å². The summed E-state index contributed by atoms with van der Waals surface area (Å²) in [5.41, 5.74) is 3.52. The average Bonchev–Trinajstić information content (AvgIpc) is 3.10. The highest BCUT2D eigenvalue weighted by atomic mass is 19.4. The van der Waals surface area contributed by atoms with Gasteiger partial charge in [-0.25, -0.2) is 4.98 Å². The molecule has 134 valence electrons. The van der Waals surface area contributed by atoms with Crippen molar-refractivity contribution < 1.29 is 17.9 Å². The van der Waals surface area contributed by atoms with Crippen LogP contribution in [0.4, 0.5) is 19.0 Å². The zero-order chi connectivity index (χ0) is 18.6. The minimum Gasteiger partial charge on any atom is -0.497 e. The number of rotatable bonds is 5. The van der Waals surface area contributed by atoms with E-state index in [1.807, 2.05) is 47.2 Å². The third-order valence-electron chi connectivity index (χ3n) is 3.60. The molecule has 5 nitrogen and oxygen atoms in total. The molecule has 3 rings (SSSR count). The standard InChI is InChI=1S/C18H15F3N4O/c1-26-16-7-5-14(6-8-16)25-10-2-3-15(25)12-23-24-17-9-4-13(11-22-17)18(19,20)21/h2-12H,1H3,(H,22,24)/b23-12+. The number of anilines is 1. The SMILES string of the molecule is COc1ccc(-n2cccc2/C=N/Nc2ccc(C(F)(F)F)cn2)cc1. The van der Waals surface area contributed by atoms with Crippen LogP contribution in [0.15, 0.2) is 66.0 Å². The lowest BCUT2D eigenvalue weighted by Crippen LogP contribution is -2.06. The van der Waals surface area contributed by atoms with E-state index < -0.39 is 11.7 Å². The summed E-state index contributed by atoms with van der Waals surface area (Å²) >= 11 is 0. The Morgan fingerprint density at radius 2 is 1.88 bits per heavy atom. The van der Waals surface area contributed by atoms with Crippen molar-refractivity contribution in [2.24, 2.45) is 5.10 Å². The van der Waals surface area contributed by atoms with Crippen molar-refractivity contribution in [3.63, 3.8) is 0 Å². The van der Waals surface area contributed by atoms with E-state index in [0.717, 1.165) is 29.4 Å². The fraction of sp³-hybridized carbons (Fsp3) is 0.111. The number of hydrogen-bond donors (Lipinski definition) is 1. The fourth-order valence-corrected chi connectivity index (χ4v) is 2.27. The maximum absolute atomic E-state index is 12.5. The minimum absolute atomic E-state index is 0.219. The summed E-state index contributed by atoms with van der Waals surface area (Å²) in [6, 6.07) is 13.4. The van der Waals surface area contributed by atoms with Gasteiger partial charge in [0.2, 0.25) is 0 Å². The van der Waals surface area contributed by atoms with Crippen molar-refractivity contribution in [2.45, 2.75) is 6.18 Å². The molecule has 0 spiro atoms. The number of nitrogens with one attached hydrogen (secondary N) is 1. The summed E-state index contributed by atoms with van der Waals surface area (Å²) < 4.78 is 44.6. The number of ether oxygens (including phenoxy) is 1. The van der Waals surface area contributed by atoms with Crippen molar-refractivity contribution in [3.8, 4) is 11.4 Å². The molecule has 0 fully saturated rings. The number of hydrogen-bond acceptors (Lipinski definition) is 4. The van der Waals surface area contributed by atoms with Gasteiger partial charge in [-0.05, 0) is 48.5 Å². The molecule has 0 aliphatic rings. The number of hydrazone groups is 1. The molecule has 8 heteroatoms. The zero-order valence-corrected chi connectivity index (χ0v) is 13.7. The summed E-state index contributed by atoms with van der Waals surface area (Å²) in [4.78, 5) is 3.70. The van der Waals surface area contributed by atoms with Crippen molar-refractivity contribution in [2.75, 3.05) is 12.5 Å². The van der Waals surface area contributed by atoms with Crippen molar-refractivity contribution in [1.29, 1.82) is 0 Å². The summed E-state index contributed by atoms with van der Waals surface area (Å²) in [6.07, 6.45) is -0.213. The number of aromatic nitrogens is 2. The third-order valence-corrected chi connectivity index (χ3v) is 3.60. The lowest BCUT2D eigenvalue weighted by Gasteiger charge is -2.08. The van der Waals surface area contributed by atoms with Crippen LogP contribution in [0.2, 0.25) is 0 Å². The van der Waals surface area contributed by atoms with Crippen LogP contribution in [0.3, 0.4) is 0 Å². The van der Waals surface area contributed by atoms with E-state index >= 15 is 0 Å². The first-order valence-electron chi connectivity index (χ1n) is 7.61. The normalized spacial score (nSPS) is 11.7. The first kappa shape index (κ1) is 17.5. The largest absolute Gasteiger partial charge is 0.497 e. The molecule has 1 N–H and O–H groups in total. The number of nitrogens with zero attached hydrogens (tertiary/aromatic N) is 3. The molecule has 0 radical (unpaired) electrons. The molecular formula is C18H15F3N4O. The number of alkyl halides is 3. The maximum Gasteiger partial charge on any atom is 0.417 e. The molecule has 2 aromatic heterocycles. The Bertz CT molecular complexity index is 884. The van der Waals surface area contributed by atoms with Gasteiger partial charge in [-0.3, -0.25) is 5.43 Å². The molecule has 0 atom stereocenters. The molecule has 0 amide bonds. The van der Waals surface area contributed by atoms with Crippen LogP contribution in [0.1, 0.15) is 11.3 Å². The van der Waals surface area contributed by atoms with E-state index in [0.29, 0.717) is 0 Å². The number of benzene rings is 1. The first-order chi connectivity index (χ1) is 12.5.